The second-order valence-electron chi connectivity index (χ2n) is 5.37. The number of nitrogens with one attached hydrogen (secondary N) is 1. The predicted octanol–water partition coefficient (Wildman–Crippen LogP) is 1.91. The van der Waals surface area contributed by atoms with Gasteiger partial charge >= 0.3 is 0 Å². The van der Waals surface area contributed by atoms with Gasteiger partial charge in [-0.25, -0.2) is 0 Å². The van der Waals surface area contributed by atoms with Crippen molar-refractivity contribution in [2.24, 2.45) is 11.7 Å². The van der Waals surface area contributed by atoms with Crippen LogP contribution in [0.3, 0.4) is 0 Å². The summed E-state index contributed by atoms with van der Waals surface area (Å²) >= 11 is 1.99. The average Bonchev–Trinajstić information content (AvgIpc) is 2.33. The molecule has 2 fully saturated rings. The van der Waals surface area contributed by atoms with Crippen molar-refractivity contribution < 1.29 is 4.79 Å². The number of amides is 1. The number of rotatable bonds is 3. The molecule has 98 valence electrons. The molecule has 1 heterocycles. The minimum atomic E-state index is 0.226. The number of nitrogens with two attached hydrogens (primary N) is 1. The summed E-state index contributed by atoms with van der Waals surface area (Å²) in [6, 6.07) is 0.667. The van der Waals surface area contributed by atoms with Crippen molar-refractivity contribution in [3.63, 3.8) is 0 Å². The lowest BCUT2D eigenvalue weighted by Gasteiger charge is -2.29. The van der Waals surface area contributed by atoms with Gasteiger partial charge in [0.05, 0.1) is 0 Å². The van der Waals surface area contributed by atoms with Crippen molar-refractivity contribution >= 4 is 17.7 Å². The molecule has 1 saturated heterocycles. The van der Waals surface area contributed by atoms with Crippen molar-refractivity contribution in [2.75, 3.05) is 11.5 Å². The molecule has 2 atom stereocenters. The van der Waals surface area contributed by atoms with E-state index in [1.165, 1.54) is 24.3 Å². The number of carbonyl (C=O) groups is 1. The molecule has 3 N–H and O–H groups in total. The summed E-state index contributed by atoms with van der Waals surface area (Å²) in [5.74, 6) is 3.02. The Morgan fingerprint density at radius 2 is 1.88 bits per heavy atom. The van der Waals surface area contributed by atoms with Crippen LogP contribution in [0.2, 0.25) is 0 Å². The fourth-order valence-electron chi connectivity index (χ4n) is 2.86. The fourth-order valence-corrected chi connectivity index (χ4v) is 3.96. The fraction of sp³-hybridized carbons (Fsp3) is 0.923. The lowest BCUT2D eigenvalue weighted by atomic mass is 9.83. The molecular weight excluding hydrogens is 232 g/mol. The summed E-state index contributed by atoms with van der Waals surface area (Å²) in [5, 5.41) is 3.18. The third kappa shape index (κ3) is 4.18. The predicted molar refractivity (Wildman–Crippen MR) is 73.0 cm³/mol. The highest BCUT2D eigenvalue weighted by Gasteiger charge is 2.25. The molecule has 0 aromatic carbocycles. The lowest BCUT2D eigenvalue weighted by Crippen LogP contribution is -2.41. The Kier molecular flexibility index (Phi) is 5.16. The number of hydrogen-bond acceptors (Lipinski definition) is 3. The van der Waals surface area contributed by atoms with E-state index >= 15 is 0 Å². The van der Waals surface area contributed by atoms with Gasteiger partial charge in [-0.3, -0.25) is 4.79 Å². The van der Waals surface area contributed by atoms with Crippen LogP contribution >= 0.6 is 11.8 Å². The summed E-state index contributed by atoms with van der Waals surface area (Å²) < 4.78 is 0. The van der Waals surface area contributed by atoms with E-state index in [1.54, 1.807) is 0 Å². The average molecular weight is 256 g/mol. The van der Waals surface area contributed by atoms with Crippen molar-refractivity contribution in [1.29, 1.82) is 0 Å². The molecule has 0 spiro atoms. The summed E-state index contributed by atoms with van der Waals surface area (Å²) in [4.78, 5) is 12.0. The van der Waals surface area contributed by atoms with Gasteiger partial charge in [-0.15, -0.1) is 0 Å². The zero-order valence-corrected chi connectivity index (χ0v) is 11.3. The molecule has 0 aromatic rings. The van der Waals surface area contributed by atoms with Crippen molar-refractivity contribution in [3.8, 4) is 0 Å². The van der Waals surface area contributed by atoms with Crippen LogP contribution in [0.15, 0.2) is 0 Å². The van der Waals surface area contributed by atoms with E-state index in [1.807, 2.05) is 11.8 Å². The van der Waals surface area contributed by atoms with E-state index < -0.39 is 0 Å². The number of carbonyl (C=O) groups excluding carboxylic acids is 1. The third-order valence-corrected chi connectivity index (χ3v) is 5.05. The first-order valence-corrected chi connectivity index (χ1v) is 8.04. The van der Waals surface area contributed by atoms with Crippen molar-refractivity contribution in [2.45, 2.75) is 57.0 Å². The van der Waals surface area contributed by atoms with E-state index in [2.05, 4.69) is 5.32 Å². The first-order chi connectivity index (χ1) is 8.25. The smallest absolute Gasteiger partial charge is 0.220 e. The highest BCUT2D eigenvalue weighted by Crippen LogP contribution is 2.26. The molecule has 1 saturated carbocycles. The standard InChI is InChI=1S/C13H24N2OS/c14-12-4-2-1-3-10(12)9-13(16)15-11-5-7-17-8-6-11/h10-12H,1-9,14H2,(H,15,16). The Hall–Kier alpha value is -0.220. The van der Waals surface area contributed by atoms with Crippen LogP contribution in [-0.2, 0) is 4.79 Å². The Labute approximate surface area is 108 Å². The van der Waals surface area contributed by atoms with Crippen molar-refractivity contribution in [3.05, 3.63) is 0 Å². The van der Waals surface area contributed by atoms with Gasteiger partial charge in [-0.2, -0.15) is 11.8 Å². The molecule has 1 amide bonds. The third-order valence-electron chi connectivity index (χ3n) is 4.00. The van der Waals surface area contributed by atoms with Crippen LogP contribution in [0.1, 0.15) is 44.9 Å². The van der Waals surface area contributed by atoms with E-state index in [-0.39, 0.29) is 11.9 Å². The normalized spacial score (nSPS) is 31.1. The Morgan fingerprint density at radius 1 is 1.18 bits per heavy atom. The molecule has 1 aliphatic carbocycles. The second-order valence-corrected chi connectivity index (χ2v) is 6.59. The highest BCUT2D eigenvalue weighted by molar-refractivity contribution is 7.99. The maximum absolute atomic E-state index is 12.0. The maximum Gasteiger partial charge on any atom is 0.220 e. The van der Waals surface area contributed by atoms with E-state index in [0.29, 0.717) is 18.4 Å². The van der Waals surface area contributed by atoms with Crippen LogP contribution < -0.4 is 11.1 Å². The summed E-state index contributed by atoms with van der Waals surface area (Å²) in [6.07, 6.45) is 7.61. The first-order valence-electron chi connectivity index (χ1n) is 6.88. The summed E-state index contributed by atoms with van der Waals surface area (Å²) in [7, 11) is 0. The highest BCUT2D eigenvalue weighted by atomic mass is 32.2. The van der Waals surface area contributed by atoms with Gasteiger partial charge in [-0.05, 0) is 43.1 Å². The summed E-state index contributed by atoms with van der Waals surface area (Å²) in [6.45, 7) is 0. The zero-order valence-electron chi connectivity index (χ0n) is 10.5. The lowest BCUT2D eigenvalue weighted by molar-refractivity contribution is -0.123. The van der Waals surface area contributed by atoms with E-state index in [0.717, 1.165) is 25.7 Å². The van der Waals surface area contributed by atoms with Crippen LogP contribution in [0.4, 0.5) is 0 Å². The molecule has 3 nitrogen and oxygen atoms in total. The maximum atomic E-state index is 12.0. The van der Waals surface area contributed by atoms with Gasteiger partial charge in [0.15, 0.2) is 0 Å². The van der Waals surface area contributed by atoms with Gasteiger partial charge in [0.2, 0.25) is 5.91 Å². The second kappa shape index (κ2) is 6.64. The SMILES string of the molecule is NC1CCCCC1CC(=O)NC1CCSCC1. The van der Waals surface area contributed by atoms with Crippen LogP contribution in [0.5, 0.6) is 0 Å². The molecule has 17 heavy (non-hydrogen) atoms. The van der Waals surface area contributed by atoms with E-state index in [9.17, 15) is 4.79 Å². The topological polar surface area (TPSA) is 55.1 Å². The quantitative estimate of drug-likeness (QED) is 0.811. The van der Waals surface area contributed by atoms with Gasteiger partial charge < -0.3 is 11.1 Å². The van der Waals surface area contributed by atoms with Gasteiger partial charge in [0, 0.05) is 18.5 Å². The van der Waals surface area contributed by atoms with Gasteiger partial charge in [0.25, 0.3) is 0 Å². The van der Waals surface area contributed by atoms with Gasteiger partial charge in [-0.1, -0.05) is 12.8 Å². The molecular formula is C13H24N2OS. The molecule has 2 rings (SSSR count). The minimum Gasteiger partial charge on any atom is -0.353 e. The monoisotopic (exact) mass is 256 g/mol. The summed E-state index contributed by atoms with van der Waals surface area (Å²) in [5.41, 5.74) is 6.08. The molecule has 0 radical (unpaired) electrons. The molecule has 0 bridgehead atoms. The minimum absolute atomic E-state index is 0.226. The zero-order chi connectivity index (χ0) is 12.1. The molecule has 2 unspecified atom stereocenters. The van der Waals surface area contributed by atoms with Crippen LogP contribution in [0.25, 0.3) is 0 Å². The molecule has 0 aromatic heterocycles. The largest absolute Gasteiger partial charge is 0.353 e. The van der Waals surface area contributed by atoms with Crippen LogP contribution in [-0.4, -0.2) is 29.5 Å². The Balaban J connectivity index is 1.72. The Bertz CT molecular complexity index is 254. The van der Waals surface area contributed by atoms with Crippen LogP contribution in [0, 0.1) is 5.92 Å². The molecule has 1 aliphatic heterocycles. The number of thioether (sulfide) groups is 1. The first kappa shape index (κ1) is 13.2. The van der Waals surface area contributed by atoms with Gasteiger partial charge in [0.1, 0.15) is 0 Å². The van der Waals surface area contributed by atoms with E-state index in [4.69, 9.17) is 5.73 Å². The molecule has 4 heteroatoms. The number of hydrogen-bond donors (Lipinski definition) is 2. The molecule has 2 aliphatic rings. The Morgan fingerprint density at radius 3 is 2.59 bits per heavy atom. The van der Waals surface area contributed by atoms with Crippen molar-refractivity contribution in [1.82, 2.24) is 5.32 Å².